The molecule has 2 N–H and O–H groups in total. The largest absolute Gasteiger partial charge is 0.396 e. The summed E-state index contributed by atoms with van der Waals surface area (Å²) in [5.41, 5.74) is 2.79. The highest BCUT2D eigenvalue weighted by molar-refractivity contribution is 5.28. The van der Waals surface area contributed by atoms with Gasteiger partial charge in [0.1, 0.15) is 0 Å². The molecule has 0 aromatic heterocycles. The molecule has 20 heavy (non-hydrogen) atoms. The lowest BCUT2D eigenvalue weighted by molar-refractivity contribution is 0.219. The Kier molecular flexibility index (Phi) is 6.02. The number of likely N-dealkylation sites (tertiary alicyclic amines) is 1. The number of rotatable bonds is 7. The van der Waals surface area contributed by atoms with Crippen molar-refractivity contribution in [3.05, 3.63) is 35.4 Å². The van der Waals surface area contributed by atoms with Crippen LogP contribution in [0.5, 0.6) is 0 Å². The SMILES string of the molecule is CCNC(CCN1CCC(CO)C1)c1ccccc1C. The molecular formula is C17H28N2O. The predicted molar refractivity (Wildman–Crippen MR) is 83.8 cm³/mol. The second-order valence-corrected chi connectivity index (χ2v) is 5.89. The van der Waals surface area contributed by atoms with Gasteiger partial charge in [-0.15, -0.1) is 0 Å². The number of aliphatic hydroxyl groups excluding tert-OH is 1. The first kappa shape index (κ1) is 15.5. The Labute approximate surface area is 123 Å². The minimum Gasteiger partial charge on any atom is -0.396 e. The van der Waals surface area contributed by atoms with Crippen LogP contribution < -0.4 is 5.32 Å². The van der Waals surface area contributed by atoms with E-state index in [2.05, 4.69) is 48.3 Å². The van der Waals surface area contributed by atoms with Crippen LogP contribution >= 0.6 is 0 Å². The van der Waals surface area contributed by atoms with Crippen molar-refractivity contribution in [2.24, 2.45) is 5.92 Å². The van der Waals surface area contributed by atoms with Crippen molar-refractivity contribution in [1.29, 1.82) is 0 Å². The molecule has 0 amide bonds. The maximum Gasteiger partial charge on any atom is 0.0471 e. The summed E-state index contributed by atoms with van der Waals surface area (Å²) in [7, 11) is 0. The van der Waals surface area contributed by atoms with E-state index in [0.717, 1.165) is 39.0 Å². The number of benzene rings is 1. The molecule has 3 nitrogen and oxygen atoms in total. The van der Waals surface area contributed by atoms with Crippen molar-refractivity contribution in [1.82, 2.24) is 10.2 Å². The van der Waals surface area contributed by atoms with E-state index in [1.54, 1.807) is 0 Å². The Hall–Kier alpha value is -0.900. The molecule has 0 saturated carbocycles. The van der Waals surface area contributed by atoms with Crippen LogP contribution in [0.4, 0.5) is 0 Å². The summed E-state index contributed by atoms with van der Waals surface area (Å²) < 4.78 is 0. The molecule has 1 aliphatic heterocycles. The Morgan fingerprint density at radius 1 is 1.40 bits per heavy atom. The van der Waals surface area contributed by atoms with Crippen molar-refractivity contribution >= 4 is 0 Å². The van der Waals surface area contributed by atoms with Gasteiger partial charge in [-0.1, -0.05) is 31.2 Å². The molecule has 3 heteroatoms. The molecular weight excluding hydrogens is 248 g/mol. The van der Waals surface area contributed by atoms with Gasteiger partial charge in [0.2, 0.25) is 0 Å². The Bertz CT molecular complexity index is 408. The van der Waals surface area contributed by atoms with Crippen LogP contribution in [0.2, 0.25) is 0 Å². The quantitative estimate of drug-likeness (QED) is 0.802. The van der Waals surface area contributed by atoms with Crippen LogP contribution in [0.1, 0.15) is 36.9 Å². The highest BCUT2D eigenvalue weighted by Gasteiger charge is 2.22. The fourth-order valence-corrected chi connectivity index (χ4v) is 3.17. The summed E-state index contributed by atoms with van der Waals surface area (Å²) in [6.45, 7) is 9.01. The average Bonchev–Trinajstić information content (AvgIpc) is 2.92. The molecule has 2 rings (SSSR count). The number of nitrogens with zero attached hydrogens (tertiary/aromatic N) is 1. The Balaban J connectivity index is 1.92. The summed E-state index contributed by atoms with van der Waals surface area (Å²) in [4.78, 5) is 2.49. The highest BCUT2D eigenvalue weighted by Crippen LogP contribution is 2.23. The smallest absolute Gasteiger partial charge is 0.0471 e. The van der Waals surface area contributed by atoms with Gasteiger partial charge >= 0.3 is 0 Å². The highest BCUT2D eigenvalue weighted by atomic mass is 16.3. The number of hydrogen-bond acceptors (Lipinski definition) is 3. The van der Waals surface area contributed by atoms with E-state index < -0.39 is 0 Å². The standard InChI is InChI=1S/C17H28N2O/c1-3-18-17(16-7-5-4-6-14(16)2)9-11-19-10-8-15(12-19)13-20/h4-7,15,17-18,20H,3,8-13H2,1-2H3. The predicted octanol–water partition coefficient (Wildman–Crippen LogP) is 2.35. The van der Waals surface area contributed by atoms with Crippen molar-refractivity contribution in [2.75, 3.05) is 32.8 Å². The normalized spacial score (nSPS) is 21.2. The molecule has 112 valence electrons. The Morgan fingerprint density at radius 3 is 2.85 bits per heavy atom. The minimum absolute atomic E-state index is 0.338. The van der Waals surface area contributed by atoms with Gasteiger partial charge in [0, 0.05) is 19.2 Å². The van der Waals surface area contributed by atoms with Crippen LogP contribution in [-0.2, 0) is 0 Å². The maximum absolute atomic E-state index is 9.22. The molecule has 2 unspecified atom stereocenters. The van der Waals surface area contributed by atoms with E-state index in [4.69, 9.17) is 0 Å². The van der Waals surface area contributed by atoms with E-state index in [1.165, 1.54) is 11.1 Å². The Morgan fingerprint density at radius 2 is 2.20 bits per heavy atom. The number of aryl methyl sites for hydroxylation is 1. The molecule has 1 saturated heterocycles. The summed E-state index contributed by atoms with van der Waals surface area (Å²) in [5, 5.41) is 12.8. The van der Waals surface area contributed by atoms with E-state index in [1.807, 2.05) is 0 Å². The van der Waals surface area contributed by atoms with Gasteiger partial charge in [0.15, 0.2) is 0 Å². The van der Waals surface area contributed by atoms with Gasteiger partial charge in [0.25, 0.3) is 0 Å². The van der Waals surface area contributed by atoms with Crippen LogP contribution in [-0.4, -0.2) is 42.8 Å². The molecule has 0 radical (unpaired) electrons. The van der Waals surface area contributed by atoms with Gasteiger partial charge in [-0.3, -0.25) is 0 Å². The lowest BCUT2D eigenvalue weighted by Crippen LogP contribution is -2.29. The third-order valence-electron chi connectivity index (χ3n) is 4.38. The van der Waals surface area contributed by atoms with Crippen molar-refractivity contribution in [3.63, 3.8) is 0 Å². The van der Waals surface area contributed by atoms with Gasteiger partial charge in [-0.2, -0.15) is 0 Å². The maximum atomic E-state index is 9.22. The van der Waals surface area contributed by atoms with Crippen molar-refractivity contribution < 1.29 is 5.11 Å². The summed E-state index contributed by atoms with van der Waals surface area (Å²) >= 11 is 0. The first-order chi connectivity index (χ1) is 9.74. The van der Waals surface area contributed by atoms with Gasteiger partial charge in [-0.05, 0) is 56.4 Å². The monoisotopic (exact) mass is 276 g/mol. The zero-order valence-corrected chi connectivity index (χ0v) is 12.8. The number of aliphatic hydroxyl groups is 1. The second-order valence-electron chi connectivity index (χ2n) is 5.89. The molecule has 1 heterocycles. The first-order valence-electron chi connectivity index (χ1n) is 7.86. The fourth-order valence-electron chi connectivity index (χ4n) is 3.17. The molecule has 1 aromatic carbocycles. The van der Waals surface area contributed by atoms with E-state index in [9.17, 15) is 5.11 Å². The number of nitrogens with one attached hydrogen (secondary N) is 1. The van der Waals surface area contributed by atoms with Crippen LogP contribution in [0, 0.1) is 12.8 Å². The van der Waals surface area contributed by atoms with Crippen molar-refractivity contribution in [2.45, 2.75) is 32.7 Å². The molecule has 0 aliphatic carbocycles. The van der Waals surface area contributed by atoms with Crippen LogP contribution in [0.15, 0.2) is 24.3 Å². The lowest BCUT2D eigenvalue weighted by Gasteiger charge is -2.23. The van der Waals surface area contributed by atoms with Crippen LogP contribution in [0.25, 0.3) is 0 Å². The van der Waals surface area contributed by atoms with Gasteiger partial charge in [0.05, 0.1) is 0 Å². The van der Waals surface area contributed by atoms with Gasteiger partial charge in [-0.25, -0.2) is 0 Å². The molecule has 2 atom stereocenters. The fraction of sp³-hybridized carbons (Fsp3) is 0.647. The minimum atomic E-state index is 0.338. The van der Waals surface area contributed by atoms with Crippen molar-refractivity contribution in [3.8, 4) is 0 Å². The van der Waals surface area contributed by atoms with E-state index in [-0.39, 0.29) is 0 Å². The third kappa shape index (κ3) is 4.05. The van der Waals surface area contributed by atoms with E-state index in [0.29, 0.717) is 18.6 Å². The molecule has 1 aromatic rings. The average molecular weight is 276 g/mol. The second kappa shape index (κ2) is 7.77. The van der Waals surface area contributed by atoms with Crippen LogP contribution in [0.3, 0.4) is 0 Å². The summed E-state index contributed by atoms with van der Waals surface area (Å²) in [5.74, 6) is 0.492. The lowest BCUT2D eigenvalue weighted by atomic mass is 9.98. The first-order valence-corrected chi connectivity index (χ1v) is 7.86. The van der Waals surface area contributed by atoms with Gasteiger partial charge < -0.3 is 15.3 Å². The summed E-state index contributed by atoms with van der Waals surface area (Å²) in [6.07, 6.45) is 2.28. The molecule has 1 fully saturated rings. The topological polar surface area (TPSA) is 35.5 Å². The zero-order chi connectivity index (χ0) is 14.4. The third-order valence-corrected chi connectivity index (χ3v) is 4.38. The summed E-state index contributed by atoms with van der Waals surface area (Å²) in [6, 6.07) is 9.10. The zero-order valence-electron chi connectivity index (χ0n) is 12.8. The molecule has 0 spiro atoms. The molecule has 0 bridgehead atoms. The number of hydrogen-bond donors (Lipinski definition) is 2. The van der Waals surface area contributed by atoms with E-state index >= 15 is 0 Å². The molecule has 1 aliphatic rings.